The predicted molar refractivity (Wildman–Crippen MR) is 95.7 cm³/mol. The van der Waals surface area contributed by atoms with Crippen LogP contribution in [0.15, 0.2) is 36.0 Å². The Balaban J connectivity index is 2.10. The number of hydrogen-bond donors (Lipinski definition) is 1. The zero-order chi connectivity index (χ0) is 18.4. The van der Waals surface area contributed by atoms with E-state index in [0.29, 0.717) is 17.0 Å². The van der Waals surface area contributed by atoms with Gasteiger partial charge in [0.15, 0.2) is 0 Å². The van der Waals surface area contributed by atoms with Gasteiger partial charge in [-0.25, -0.2) is 0 Å². The molecule has 1 aliphatic heterocycles. The van der Waals surface area contributed by atoms with E-state index in [9.17, 15) is 20.2 Å². The molecule has 0 saturated carbocycles. The van der Waals surface area contributed by atoms with Gasteiger partial charge in [0, 0.05) is 30.2 Å². The number of nitriles is 1. The predicted octanol–water partition coefficient (Wildman–Crippen LogP) is 3.25. The Morgan fingerprint density at radius 3 is 2.56 bits per heavy atom. The first-order valence-electron chi connectivity index (χ1n) is 7.94. The molecular weight excluding hydrogens is 338 g/mol. The summed E-state index contributed by atoms with van der Waals surface area (Å²) in [7, 11) is 0. The summed E-state index contributed by atoms with van der Waals surface area (Å²) in [6.45, 7) is 3.96. The molecule has 1 heterocycles. The van der Waals surface area contributed by atoms with Crippen LogP contribution in [0, 0.1) is 38.7 Å². The third kappa shape index (κ3) is 3.05. The molecule has 1 aliphatic carbocycles. The van der Waals surface area contributed by atoms with Crippen molar-refractivity contribution in [3.05, 3.63) is 51.7 Å². The van der Waals surface area contributed by atoms with E-state index in [0.717, 1.165) is 5.70 Å². The number of nitro benzene ring substituents is 1. The first-order valence-corrected chi connectivity index (χ1v) is 8.34. The number of piperidine rings is 1. The van der Waals surface area contributed by atoms with Gasteiger partial charge in [-0.05, 0) is 11.0 Å². The molecular formula is C18H17N3O3S. The summed E-state index contributed by atoms with van der Waals surface area (Å²) >= 11 is 5.36. The first-order chi connectivity index (χ1) is 11.7. The van der Waals surface area contributed by atoms with E-state index in [1.165, 1.54) is 12.1 Å². The van der Waals surface area contributed by atoms with Crippen LogP contribution in [-0.2, 0) is 4.79 Å². The minimum absolute atomic E-state index is 0.0272. The van der Waals surface area contributed by atoms with Crippen molar-refractivity contribution in [3.63, 3.8) is 0 Å². The van der Waals surface area contributed by atoms with E-state index in [1.807, 2.05) is 19.9 Å². The van der Waals surface area contributed by atoms with Gasteiger partial charge < -0.3 is 5.32 Å². The average Bonchev–Trinajstić information content (AvgIpc) is 2.52. The maximum absolute atomic E-state index is 12.8. The van der Waals surface area contributed by atoms with E-state index in [-0.39, 0.29) is 16.9 Å². The lowest BCUT2D eigenvalue weighted by atomic mass is 9.65. The van der Waals surface area contributed by atoms with E-state index >= 15 is 0 Å². The van der Waals surface area contributed by atoms with Crippen LogP contribution in [0.25, 0.3) is 0 Å². The third-order valence-corrected chi connectivity index (χ3v) is 5.11. The molecule has 6 nitrogen and oxygen atoms in total. The number of ketones is 1. The van der Waals surface area contributed by atoms with Crippen molar-refractivity contribution >= 4 is 28.7 Å². The number of non-ortho nitro benzene ring substituents is 1. The van der Waals surface area contributed by atoms with Gasteiger partial charge in [0.05, 0.1) is 21.9 Å². The van der Waals surface area contributed by atoms with Gasteiger partial charge in [-0.1, -0.05) is 44.3 Å². The molecule has 25 heavy (non-hydrogen) atoms. The Bertz CT molecular complexity index is 836. The number of nitrogens with zero attached hydrogens (tertiary/aromatic N) is 2. The van der Waals surface area contributed by atoms with Crippen molar-refractivity contribution in [2.45, 2.75) is 26.2 Å². The minimum atomic E-state index is -0.649. The summed E-state index contributed by atoms with van der Waals surface area (Å²) in [4.78, 5) is 23.6. The van der Waals surface area contributed by atoms with Gasteiger partial charge in [0.25, 0.3) is 5.69 Å². The number of thiocarbonyl (C=S) groups is 1. The lowest BCUT2D eigenvalue weighted by Gasteiger charge is -2.42. The largest absolute Gasteiger partial charge is 0.352 e. The average molecular weight is 355 g/mol. The number of nitrogens with one attached hydrogen (secondary N) is 1. The molecule has 1 saturated heterocycles. The quantitative estimate of drug-likeness (QED) is 0.497. The van der Waals surface area contributed by atoms with Gasteiger partial charge in [0.2, 0.25) is 0 Å². The molecule has 3 rings (SSSR count). The van der Waals surface area contributed by atoms with Crippen molar-refractivity contribution in [1.82, 2.24) is 5.32 Å². The highest BCUT2D eigenvalue weighted by Gasteiger charge is 2.47. The number of carbonyl (C=O) groups excluding carboxylic acids is 1. The van der Waals surface area contributed by atoms with Crippen LogP contribution in [0.3, 0.4) is 0 Å². The Hall–Kier alpha value is -2.59. The van der Waals surface area contributed by atoms with Crippen molar-refractivity contribution in [3.8, 4) is 6.07 Å². The van der Waals surface area contributed by atoms with E-state index in [4.69, 9.17) is 12.2 Å². The number of hydrogen-bond acceptors (Lipinski definition) is 5. The zero-order valence-electron chi connectivity index (χ0n) is 13.9. The fourth-order valence-electron chi connectivity index (χ4n) is 3.72. The number of rotatable bonds is 2. The number of nitro groups is 1. The number of allylic oxidation sites excluding steroid dienone is 2. The van der Waals surface area contributed by atoms with Gasteiger partial charge >= 0.3 is 0 Å². The van der Waals surface area contributed by atoms with E-state index in [1.54, 1.807) is 12.1 Å². The number of benzene rings is 1. The molecule has 0 spiro atoms. The fourth-order valence-corrected chi connectivity index (χ4v) is 4.04. The van der Waals surface area contributed by atoms with E-state index < -0.39 is 22.7 Å². The Labute approximate surface area is 150 Å². The highest BCUT2D eigenvalue weighted by atomic mass is 32.1. The molecule has 0 bridgehead atoms. The topological polar surface area (TPSA) is 96.0 Å². The van der Waals surface area contributed by atoms with Crippen LogP contribution in [0.5, 0.6) is 0 Å². The van der Waals surface area contributed by atoms with Gasteiger partial charge in [0.1, 0.15) is 11.7 Å². The van der Waals surface area contributed by atoms with Crippen LogP contribution in [0.1, 0.15) is 31.7 Å². The molecule has 1 aromatic carbocycles. The number of Topliss-reactive ketones (excluding diaryl/α,β-unsaturated/α-hetero) is 1. The standard InChI is InChI=1S/C18H17N3O3S/c1-18(2)7-13-16(14(22)8-18)15(12(9-19)17(25)20-13)10-3-5-11(6-4-10)21(23)24/h3-7,12,15-16H,8H2,1-2H3,(H,20,25)/t12-,15+,16-/m0/s1. The summed E-state index contributed by atoms with van der Waals surface area (Å²) in [5, 5.41) is 23.5. The lowest BCUT2D eigenvalue weighted by molar-refractivity contribution is -0.384. The van der Waals surface area contributed by atoms with Crippen molar-refractivity contribution in [2.24, 2.45) is 17.3 Å². The SMILES string of the molecule is CC1(C)C=C2NC(=S)[C@@H](C#N)[C@@H](c3ccc([N+](=O)[O-])cc3)[C@@H]2C(=O)C1. The summed E-state index contributed by atoms with van der Waals surface area (Å²) in [5.41, 5.74) is 1.15. The zero-order valence-corrected chi connectivity index (χ0v) is 14.7. The second-order valence-corrected chi connectivity index (χ2v) is 7.62. The van der Waals surface area contributed by atoms with Gasteiger partial charge in [-0.3, -0.25) is 14.9 Å². The van der Waals surface area contributed by atoms with Crippen LogP contribution >= 0.6 is 12.2 Å². The molecule has 1 fully saturated rings. The molecule has 0 amide bonds. The van der Waals surface area contributed by atoms with Crippen molar-refractivity contribution in [1.29, 1.82) is 5.26 Å². The van der Waals surface area contributed by atoms with Crippen LogP contribution < -0.4 is 5.32 Å². The second-order valence-electron chi connectivity index (χ2n) is 7.18. The monoisotopic (exact) mass is 355 g/mol. The third-order valence-electron chi connectivity index (χ3n) is 4.75. The number of carbonyl (C=O) groups is 1. The molecule has 7 heteroatoms. The maximum atomic E-state index is 12.8. The maximum Gasteiger partial charge on any atom is 0.269 e. The summed E-state index contributed by atoms with van der Waals surface area (Å²) in [6.07, 6.45) is 2.40. The van der Waals surface area contributed by atoms with Crippen molar-refractivity contribution in [2.75, 3.05) is 0 Å². The molecule has 3 atom stereocenters. The van der Waals surface area contributed by atoms with Crippen molar-refractivity contribution < 1.29 is 9.72 Å². The van der Waals surface area contributed by atoms with E-state index in [2.05, 4.69) is 11.4 Å². The normalized spacial score (nSPS) is 27.6. The molecule has 1 aromatic rings. The second kappa shape index (κ2) is 6.05. The first kappa shape index (κ1) is 17.2. The molecule has 1 N–H and O–H groups in total. The summed E-state index contributed by atoms with van der Waals surface area (Å²) in [6, 6.07) is 8.23. The Kier molecular flexibility index (Phi) is 4.17. The van der Waals surface area contributed by atoms with Crippen LogP contribution in [-0.4, -0.2) is 15.7 Å². The fraction of sp³-hybridized carbons (Fsp3) is 0.389. The van der Waals surface area contributed by atoms with Crippen LogP contribution in [0.4, 0.5) is 5.69 Å². The Morgan fingerprint density at radius 1 is 1.36 bits per heavy atom. The summed E-state index contributed by atoms with van der Waals surface area (Å²) in [5.74, 6) is -1.51. The number of fused-ring (bicyclic) bond motifs is 1. The minimum Gasteiger partial charge on any atom is -0.352 e. The smallest absolute Gasteiger partial charge is 0.269 e. The highest BCUT2D eigenvalue weighted by Crippen LogP contribution is 2.46. The molecule has 128 valence electrons. The summed E-state index contributed by atoms with van der Waals surface area (Å²) < 4.78 is 0. The molecule has 2 aliphatic rings. The lowest BCUT2D eigenvalue weighted by Crippen LogP contribution is -2.49. The molecule has 0 unspecified atom stereocenters. The Morgan fingerprint density at radius 2 is 2.00 bits per heavy atom. The van der Waals surface area contributed by atoms with Crippen LogP contribution in [0.2, 0.25) is 0 Å². The van der Waals surface area contributed by atoms with Gasteiger partial charge in [-0.15, -0.1) is 0 Å². The molecule has 0 aromatic heterocycles. The molecule has 0 radical (unpaired) electrons. The highest BCUT2D eigenvalue weighted by molar-refractivity contribution is 7.80. The van der Waals surface area contributed by atoms with Gasteiger partial charge in [-0.2, -0.15) is 5.26 Å².